The van der Waals surface area contributed by atoms with Crippen LogP contribution in [0.2, 0.25) is 0 Å². The van der Waals surface area contributed by atoms with Gasteiger partial charge in [-0.1, -0.05) is 12.1 Å². The minimum atomic E-state index is -0.249. The van der Waals surface area contributed by atoms with Crippen molar-refractivity contribution in [3.8, 4) is 11.5 Å². The Morgan fingerprint density at radius 3 is 2.70 bits per heavy atom. The smallest absolute Gasteiger partial charge is 0.240 e. The molecule has 0 saturated carbocycles. The Kier molecular flexibility index (Phi) is 6.43. The second-order valence-electron chi connectivity index (χ2n) is 5.79. The fourth-order valence-corrected chi connectivity index (χ4v) is 2.80. The predicted molar refractivity (Wildman–Crippen MR) is 105 cm³/mol. The molecule has 2 N–H and O–H groups in total. The van der Waals surface area contributed by atoms with E-state index in [0.29, 0.717) is 23.6 Å². The van der Waals surface area contributed by atoms with Gasteiger partial charge in [-0.3, -0.25) is 9.59 Å². The van der Waals surface area contributed by atoms with Crippen molar-refractivity contribution in [3.63, 3.8) is 0 Å². The molecular weight excluding hydrogens is 414 g/mol. The van der Waals surface area contributed by atoms with Crippen LogP contribution < -0.4 is 20.2 Å². The van der Waals surface area contributed by atoms with Crippen LogP contribution in [0, 0.1) is 0 Å². The van der Waals surface area contributed by atoms with Crippen LogP contribution in [0.3, 0.4) is 0 Å². The predicted octanol–water partition coefficient (Wildman–Crippen LogP) is 3.44. The SMILES string of the molecule is O=C(CCCC(=O)Nc1ccccc1Br)NN=Cc1ccc2c(c1)OCO2. The maximum absolute atomic E-state index is 11.9. The van der Waals surface area contributed by atoms with Gasteiger partial charge in [0.1, 0.15) is 0 Å². The van der Waals surface area contributed by atoms with Crippen molar-refractivity contribution >= 4 is 39.6 Å². The Balaban J connectivity index is 1.37. The molecule has 2 aromatic carbocycles. The van der Waals surface area contributed by atoms with Crippen LogP contribution >= 0.6 is 15.9 Å². The summed E-state index contributed by atoms with van der Waals surface area (Å²) in [6, 6.07) is 12.7. The van der Waals surface area contributed by atoms with Crippen LogP contribution in [-0.4, -0.2) is 24.8 Å². The van der Waals surface area contributed by atoms with Gasteiger partial charge in [-0.25, -0.2) is 5.43 Å². The van der Waals surface area contributed by atoms with E-state index < -0.39 is 0 Å². The summed E-state index contributed by atoms with van der Waals surface area (Å²) in [6.45, 7) is 0.210. The van der Waals surface area contributed by atoms with Crippen LogP contribution in [0.4, 0.5) is 5.69 Å². The number of rotatable bonds is 7. The number of hydrogen-bond acceptors (Lipinski definition) is 5. The zero-order valence-corrected chi connectivity index (χ0v) is 16.0. The number of ether oxygens (including phenoxy) is 2. The van der Waals surface area contributed by atoms with E-state index in [0.717, 1.165) is 10.0 Å². The Morgan fingerprint density at radius 2 is 1.85 bits per heavy atom. The molecule has 1 heterocycles. The average Bonchev–Trinajstić information content (AvgIpc) is 3.11. The zero-order chi connectivity index (χ0) is 19.1. The van der Waals surface area contributed by atoms with E-state index >= 15 is 0 Å². The van der Waals surface area contributed by atoms with E-state index in [4.69, 9.17) is 9.47 Å². The number of amides is 2. The van der Waals surface area contributed by atoms with Crippen molar-refractivity contribution in [1.29, 1.82) is 0 Å². The molecule has 2 aromatic rings. The van der Waals surface area contributed by atoms with Crippen molar-refractivity contribution in [1.82, 2.24) is 5.43 Å². The summed E-state index contributed by atoms with van der Waals surface area (Å²) in [5.74, 6) is 0.956. The van der Waals surface area contributed by atoms with Crippen molar-refractivity contribution in [2.75, 3.05) is 12.1 Å². The van der Waals surface area contributed by atoms with E-state index in [-0.39, 0.29) is 31.4 Å². The molecule has 0 fully saturated rings. The Bertz CT molecular complexity index is 870. The first-order valence-corrected chi connectivity index (χ1v) is 9.17. The van der Waals surface area contributed by atoms with Gasteiger partial charge in [0.15, 0.2) is 11.5 Å². The van der Waals surface area contributed by atoms with Crippen LogP contribution in [-0.2, 0) is 9.59 Å². The number of nitrogens with zero attached hydrogens (tertiary/aromatic N) is 1. The maximum Gasteiger partial charge on any atom is 0.240 e. The van der Waals surface area contributed by atoms with Crippen molar-refractivity contribution in [3.05, 3.63) is 52.5 Å². The van der Waals surface area contributed by atoms with Gasteiger partial charge in [-0.2, -0.15) is 5.10 Å². The molecule has 7 nitrogen and oxygen atoms in total. The van der Waals surface area contributed by atoms with Gasteiger partial charge in [-0.05, 0) is 58.2 Å². The minimum absolute atomic E-state index is 0.140. The summed E-state index contributed by atoms with van der Waals surface area (Å²) >= 11 is 3.37. The van der Waals surface area contributed by atoms with E-state index in [1.807, 2.05) is 24.3 Å². The van der Waals surface area contributed by atoms with Gasteiger partial charge >= 0.3 is 0 Å². The maximum atomic E-state index is 11.9. The molecule has 2 amide bonds. The van der Waals surface area contributed by atoms with Crippen LogP contribution in [0.15, 0.2) is 52.0 Å². The van der Waals surface area contributed by atoms with Crippen LogP contribution in [0.5, 0.6) is 11.5 Å². The lowest BCUT2D eigenvalue weighted by Gasteiger charge is -2.06. The van der Waals surface area contributed by atoms with Crippen molar-refractivity contribution in [2.24, 2.45) is 5.10 Å². The highest BCUT2D eigenvalue weighted by Gasteiger charge is 2.12. The summed E-state index contributed by atoms with van der Waals surface area (Å²) in [6.07, 6.45) is 2.42. The third-order valence-electron chi connectivity index (χ3n) is 3.76. The monoisotopic (exact) mass is 431 g/mol. The molecule has 0 aliphatic carbocycles. The van der Waals surface area contributed by atoms with Gasteiger partial charge in [0, 0.05) is 17.3 Å². The fourth-order valence-electron chi connectivity index (χ4n) is 2.41. The van der Waals surface area contributed by atoms with Crippen LogP contribution in [0.1, 0.15) is 24.8 Å². The highest BCUT2D eigenvalue weighted by molar-refractivity contribution is 9.10. The van der Waals surface area contributed by atoms with Gasteiger partial charge in [0.05, 0.1) is 11.9 Å². The minimum Gasteiger partial charge on any atom is -0.454 e. The summed E-state index contributed by atoms with van der Waals surface area (Å²) in [5.41, 5.74) is 3.94. The largest absolute Gasteiger partial charge is 0.454 e. The number of carbonyl (C=O) groups is 2. The summed E-state index contributed by atoms with van der Waals surface area (Å²) in [7, 11) is 0. The van der Waals surface area contributed by atoms with E-state index in [2.05, 4.69) is 31.8 Å². The summed E-state index contributed by atoms with van der Waals surface area (Å²) in [4.78, 5) is 23.7. The zero-order valence-electron chi connectivity index (χ0n) is 14.4. The van der Waals surface area contributed by atoms with Crippen molar-refractivity contribution in [2.45, 2.75) is 19.3 Å². The normalized spacial score (nSPS) is 12.2. The first-order chi connectivity index (χ1) is 13.1. The topological polar surface area (TPSA) is 89.0 Å². The fraction of sp³-hybridized carbons (Fsp3) is 0.211. The molecule has 0 atom stereocenters. The quantitative estimate of drug-likeness (QED) is 0.518. The standard InChI is InChI=1S/C19H18BrN3O4/c20-14-4-1-2-5-15(14)22-18(24)6-3-7-19(25)23-21-11-13-8-9-16-17(10-13)27-12-26-16/h1-2,4-5,8-11H,3,6-7,12H2,(H,22,24)(H,23,25). The molecule has 0 aromatic heterocycles. The highest BCUT2D eigenvalue weighted by Crippen LogP contribution is 2.31. The molecule has 3 rings (SSSR count). The number of hydrazone groups is 1. The first-order valence-electron chi connectivity index (χ1n) is 8.38. The molecule has 1 aliphatic rings. The lowest BCUT2D eigenvalue weighted by atomic mass is 10.2. The van der Waals surface area contributed by atoms with Gasteiger partial charge in [-0.15, -0.1) is 0 Å². The number of carbonyl (C=O) groups excluding carboxylic acids is 2. The number of hydrogen-bond donors (Lipinski definition) is 2. The van der Waals surface area contributed by atoms with Gasteiger partial charge in [0.25, 0.3) is 0 Å². The molecule has 0 bridgehead atoms. The summed E-state index contributed by atoms with van der Waals surface area (Å²) < 4.78 is 11.3. The van der Waals surface area contributed by atoms with Crippen LogP contribution in [0.25, 0.3) is 0 Å². The number of para-hydroxylation sites is 1. The Labute approximate surface area is 164 Å². The molecule has 140 valence electrons. The summed E-state index contributed by atoms with van der Waals surface area (Å²) in [5, 5.41) is 6.72. The van der Waals surface area contributed by atoms with Gasteiger partial charge in [0.2, 0.25) is 18.6 Å². The van der Waals surface area contributed by atoms with E-state index in [9.17, 15) is 9.59 Å². The molecule has 0 saturated heterocycles. The lowest BCUT2D eigenvalue weighted by molar-refractivity contribution is -0.121. The molecule has 0 radical (unpaired) electrons. The number of nitrogens with one attached hydrogen (secondary N) is 2. The Hall–Kier alpha value is -2.87. The molecular formula is C19H18BrN3O4. The number of halogens is 1. The van der Waals surface area contributed by atoms with E-state index in [1.54, 1.807) is 18.2 Å². The number of anilines is 1. The van der Waals surface area contributed by atoms with Gasteiger partial charge < -0.3 is 14.8 Å². The number of benzene rings is 2. The molecule has 8 heteroatoms. The molecule has 1 aliphatic heterocycles. The first kappa shape index (κ1) is 18.9. The second-order valence-corrected chi connectivity index (χ2v) is 6.64. The third-order valence-corrected chi connectivity index (χ3v) is 4.45. The highest BCUT2D eigenvalue weighted by atomic mass is 79.9. The number of fused-ring (bicyclic) bond motifs is 1. The second kappa shape index (κ2) is 9.18. The average molecular weight is 432 g/mol. The van der Waals surface area contributed by atoms with E-state index in [1.165, 1.54) is 6.21 Å². The molecule has 0 spiro atoms. The Morgan fingerprint density at radius 1 is 1.07 bits per heavy atom. The third kappa shape index (κ3) is 5.55. The molecule has 0 unspecified atom stereocenters. The van der Waals surface area contributed by atoms with Crippen molar-refractivity contribution < 1.29 is 19.1 Å². The lowest BCUT2D eigenvalue weighted by Crippen LogP contribution is -2.18. The molecule has 27 heavy (non-hydrogen) atoms.